The Hall–Kier alpha value is -1.70. The third-order valence-corrected chi connectivity index (χ3v) is 4.33. The maximum atomic E-state index is 14.0. The molecule has 114 valence electrons. The van der Waals surface area contributed by atoms with Crippen molar-refractivity contribution in [1.82, 2.24) is 0 Å². The van der Waals surface area contributed by atoms with Gasteiger partial charge in [0.1, 0.15) is 11.6 Å². The zero-order valence-electron chi connectivity index (χ0n) is 11.0. The second kappa shape index (κ2) is 5.97. The normalized spacial score (nSPS) is 16.3. The molecule has 0 N–H and O–H groups in total. The minimum Gasteiger partial charge on any atom is -0.339 e. The minimum atomic E-state index is -4.54. The Morgan fingerprint density at radius 3 is 2.67 bits per heavy atom. The first-order valence-corrected chi connectivity index (χ1v) is 7.30. The lowest BCUT2D eigenvalue weighted by molar-refractivity contribution is -0.105. The van der Waals surface area contributed by atoms with Crippen LogP contribution in [0.1, 0.15) is 5.56 Å². The fourth-order valence-corrected chi connectivity index (χ4v) is 3.00. The summed E-state index contributed by atoms with van der Waals surface area (Å²) in [5.41, 5.74) is 0.307. The van der Waals surface area contributed by atoms with E-state index in [1.807, 2.05) is 0 Å². The van der Waals surface area contributed by atoms with Crippen LogP contribution in [0.15, 0.2) is 34.4 Å². The number of hydrogen-bond donors (Lipinski definition) is 0. The van der Waals surface area contributed by atoms with Crippen LogP contribution < -0.4 is 4.90 Å². The van der Waals surface area contributed by atoms with Crippen molar-refractivity contribution >= 4 is 22.7 Å². The number of benzene rings is 1. The van der Waals surface area contributed by atoms with E-state index < -0.39 is 28.5 Å². The van der Waals surface area contributed by atoms with Crippen molar-refractivity contribution in [2.45, 2.75) is 18.0 Å². The Morgan fingerprint density at radius 1 is 1.38 bits per heavy atom. The van der Waals surface area contributed by atoms with Crippen molar-refractivity contribution in [3.8, 4) is 0 Å². The fraction of sp³-hybridized carbons (Fsp3) is 0.308. The Bertz CT molecular complexity index is 625. The molecule has 1 aliphatic heterocycles. The molecule has 21 heavy (non-hydrogen) atoms. The van der Waals surface area contributed by atoms with E-state index in [1.54, 1.807) is 0 Å². The maximum absolute atomic E-state index is 14.0. The zero-order chi connectivity index (χ0) is 15.6. The monoisotopic (exact) mass is 320 g/mol. The van der Waals surface area contributed by atoms with Crippen LogP contribution in [0, 0.1) is 12.7 Å². The first-order chi connectivity index (χ1) is 9.78. The average Bonchev–Trinajstić information content (AvgIpc) is 2.37. The second-order valence-electron chi connectivity index (χ2n) is 4.46. The van der Waals surface area contributed by atoms with Gasteiger partial charge in [0.05, 0.1) is 23.0 Å². The lowest BCUT2D eigenvalue weighted by Crippen LogP contribution is -2.23. The number of aryl methyl sites for hydroxylation is 1. The Kier molecular flexibility index (Phi) is 4.46. The Labute approximate surface area is 121 Å². The van der Waals surface area contributed by atoms with Gasteiger partial charge in [-0.25, -0.2) is 4.39 Å². The van der Waals surface area contributed by atoms with Crippen molar-refractivity contribution in [3.05, 3.63) is 35.9 Å². The molecule has 1 atom stereocenters. The molecule has 0 amide bonds. The number of anilines is 1. The van der Waals surface area contributed by atoms with Crippen molar-refractivity contribution in [2.75, 3.05) is 17.2 Å². The van der Waals surface area contributed by atoms with Gasteiger partial charge >= 0.3 is 6.18 Å². The van der Waals surface area contributed by atoms with Gasteiger partial charge in [0.2, 0.25) is 0 Å². The van der Waals surface area contributed by atoms with E-state index in [9.17, 15) is 21.8 Å². The predicted molar refractivity (Wildman–Crippen MR) is 73.4 cm³/mol. The summed E-state index contributed by atoms with van der Waals surface area (Å²) < 4.78 is 62.9. The molecular weight excluding hydrogens is 308 g/mol. The number of rotatable bonds is 3. The summed E-state index contributed by atoms with van der Waals surface area (Å²) in [7, 11) is -2.26. The molecule has 0 spiro atoms. The van der Waals surface area contributed by atoms with Crippen molar-refractivity contribution in [2.24, 2.45) is 4.99 Å². The van der Waals surface area contributed by atoms with Gasteiger partial charge < -0.3 is 4.90 Å². The van der Waals surface area contributed by atoms with Gasteiger partial charge in [-0.15, -0.1) is 0 Å². The molecule has 0 saturated heterocycles. The number of aliphatic imine (C=N–C) groups is 1. The van der Waals surface area contributed by atoms with E-state index in [-0.39, 0.29) is 16.1 Å². The quantitative estimate of drug-likeness (QED) is 0.802. The molecular formula is C13H12F4N2OS. The summed E-state index contributed by atoms with van der Waals surface area (Å²) in [6.45, 7) is 1.73. The predicted octanol–water partition coefficient (Wildman–Crippen LogP) is 3.17. The third kappa shape index (κ3) is 3.90. The van der Waals surface area contributed by atoms with Crippen molar-refractivity contribution in [1.29, 1.82) is 0 Å². The van der Waals surface area contributed by atoms with E-state index in [0.717, 1.165) is 6.07 Å². The van der Waals surface area contributed by atoms with Crippen LogP contribution in [0.3, 0.4) is 0 Å². The first-order valence-electron chi connectivity index (χ1n) is 5.98. The molecule has 0 saturated carbocycles. The lowest BCUT2D eigenvalue weighted by atomic mass is 10.2. The van der Waals surface area contributed by atoms with Crippen LogP contribution >= 0.6 is 0 Å². The average molecular weight is 320 g/mol. The molecule has 1 aromatic carbocycles. The maximum Gasteiger partial charge on any atom is 0.400 e. The Morgan fingerprint density at radius 2 is 2.10 bits per heavy atom. The first kappa shape index (κ1) is 15.7. The number of hydrogen-bond acceptors (Lipinski definition) is 3. The van der Waals surface area contributed by atoms with Crippen LogP contribution in [0.25, 0.3) is 0 Å². The Balaban J connectivity index is 2.36. The number of nitrogens with zero attached hydrogens (tertiary/aromatic N) is 2. The molecule has 0 aliphatic carbocycles. The molecule has 1 heterocycles. The molecule has 3 nitrogen and oxygen atoms in total. The van der Waals surface area contributed by atoms with Crippen molar-refractivity contribution in [3.63, 3.8) is 0 Å². The van der Waals surface area contributed by atoms with Crippen LogP contribution in [0.4, 0.5) is 23.2 Å². The largest absolute Gasteiger partial charge is 0.400 e. The highest BCUT2D eigenvalue weighted by atomic mass is 32.2. The highest BCUT2D eigenvalue weighted by Crippen LogP contribution is 2.28. The van der Waals surface area contributed by atoms with E-state index in [2.05, 4.69) is 4.99 Å². The van der Waals surface area contributed by atoms with E-state index in [4.69, 9.17) is 0 Å². The zero-order valence-corrected chi connectivity index (χ0v) is 11.8. The van der Waals surface area contributed by atoms with Gasteiger partial charge in [0, 0.05) is 23.5 Å². The number of halogens is 4. The highest BCUT2D eigenvalue weighted by molar-refractivity contribution is 7.85. The topological polar surface area (TPSA) is 32.7 Å². The smallest absolute Gasteiger partial charge is 0.339 e. The van der Waals surface area contributed by atoms with Gasteiger partial charge in [-0.3, -0.25) is 9.20 Å². The molecule has 0 fully saturated rings. The summed E-state index contributed by atoms with van der Waals surface area (Å²) in [5.74, 6) is -2.03. The fourth-order valence-electron chi connectivity index (χ4n) is 1.89. The van der Waals surface area contributed by atoms with E-state index in [1.165, 1.54) is 36.5 Å². The van der Waals surface area contributed by atoms with E-state index >= 15 is 0 Å². The molecule has 8 heteroatoms. The van der Waals surface area contributed by atoms with Crippen LogP contribution in [-0.4, -0.2) is 28.9 Å². The standard InChI is InChI=1S/C13H12F4N2OS/c1-9-6-10(14)11(19-4-2-18-3-5-19)7-12(9)21(20)8-13(15,16)17/h2-4,6-7H,5,8H2,1H3. The van der Waals surface area contributed by atoms with Gasteiger partial charge in [0.15, 0.2) is 0 Å². The lowest BCUT2D eigenvalue weighted by Gasteiger charge is -2.22. The summed E-state index contributed by atoms with van der Waals surface area (Å²) >= 11 is 0. The van der Waals surface area contributed by atoms with Gasteiger partial charge in [-0.1, -0.05) is 0 Å². The molecule has 1 aliphatic rings. The summed E-state index contributed by atoms with van der Waals surface area (Å²) in [6.07, 6.45) is -0.0610. The minimum absolute atomic E-state index is 0.0142. The van der Waals surface area contributed by atoms with Crippen molar-refractivity contribution < 1.29 is 21.8 Å². The second-order valence-corrected chi connectivity index (χ2v) is 5.88. The van der Waals surface area contributed by atoms with Gasteiger partial charge in [-0.05, 0) is 24.6 Å². The summed E-state index contributed by atoms with van der Waals surface area (Å²) in [4.78, 5) is 5.30. The van der Waals surface area contributed by atoms with Crippen LogP contribution in [-0.2, 0) is 10.8 Å². The number of alkyl halides is 3. The third-order valence-electron chi connectivity index (χ3n) is 2.81. The molecule has 2 rings (SSSR count). The molecule has 0 radical (unpaired) electrons. The molecule has 1 unspecified atom stereocenters. The van der Waals surface area contributed by atoms with Gasteiger partial charge in [0.25, 0.3) is 0 Å². The molecule has 0 bridgehead atoms. The van der Waals surface area contributed by atoms with Gasteiger partial charge in [-0.2, -0.15) is 13.2 Å². The highest BCUT2D eigenvalue weighted by Gasteiger charge is 2.32. The van der Waals surface area contributed by atoms with E-state index in [0.29, 0.717) is 6.54 Å². The SMILES string of the molecule is Cc1cc(F)c(N2C=CN=CC2)cc1S(=O)CC(F)(F)F. The summed E-state index contributed by atoms with van der Waals surface area (Å²) in [5, 5.41) is 0. The molecule has 0 aromatic heterocycles. The molecule has 1 aromatic rings. The summed E-state index contributed by atoms with van der Waals surface area (Å²) in [6, 6.07) is 2.30. The van der Waals surface area contributed by atoms with Crippen LogP contribution in [0.2, 0.25) is 0 Å². The van der Waals surface area contributed by atoms with Crippen LogP contribution in [0.5, 0.6) is 0 Å².